The fraction of sp³-hybridized carbons (Fsp3) is 0.0435. The van der Waals surface area contributed by atoms with Gasteiger partial charge >= 0.3 is 0 Å². The number of nitrogens with zero attached hydrogens (tertiary/aromatic N) is 2. The molecule has 0 aromatic heterocycles. The van der Waals surface area contributed by atoms with Crippen molar-refractivity contribution in [3.63, 3.8) is 0 Å². The summed E-state index contributed by atoms with van der Waals surface area (Å²) in [5, 5.41) is 6.01. The molecular weight excluding hydrogens is 465 g/mol. The number of nitrogens with one attached hydrogen (secondary N) is 1. The molecule has 1 N–H and O–H groups in total. The lowest BCUT2D eigenvalue weighted by atomic mass is 10.1. The van der Waals surface area contributed by atoms with Crippen molar-refractivity contribution < 1.29 is 4.74 Å². The molecule has 0 saturated carbocycles. The molecule has 2 aliphatic heterocycles. The van der Waals surface area contributed by atoms with E-state index >= 15 is 0 Å². The van der Waals surface area contributed by atoms with Crippen LogP contribution in [0.5, 0.6) is 5.75 Å². The Balaban J connectivity index is 1.71. The molecule has 31 heavy (non-hydrogen) atoms. The molecule has 1 atom stereocenters. The molecule has 0 amide bonds. The third kappa shape index (κ3) is 3.74. The molecule has 5 rings (SSSR count). The maximum Gasteiger partial charge on any atom is 0.154 e. The van der Waals surface area contributed by atoms with Gasteiger partial charge in [-0.05, 0) is 47.3 Å². The number of ether oxygens (including phenoxy) is 1. The summed E-state index contributed by atoms with van der Waals surface area (Å²) in [4.78, 5) is 4.99. The van der Waals surface area contributed by atoms with E-state index in [0.29, 0.717) is 10.9 Å². The highest BCUT2D eigenvalue weighted by atomic mass is 35.5. The number of methoxy groups -OCH3 is 1. The predicted octanol–water partition coefficient (Wildman–Crippen LogP) is 5.85. The topological polar surface area (TPSA) is 46.0 Å². The third-order valence-corrected chi connectivity index (χ3v) is 12.3. The van der Waals surface area contributed by atoms with Crippen molar-refractivity contribution in [2.45, 2.75) is 0 Å². The summed E-state index contributed by atoms with van der Waals surface area (Å²) in [6.45, 7) is 0. The van der Waals surface area contributed by atoms with E-state index < -0.39 is 5.24 Å². The number of hydrogen-bond acceptors (Lipinski definition) is 6. The minimum atomic E-state index is -2.27. The number of rotatable bonds is 4. The fourth-order valence-electron chi connectivity index (χ4n) is 3.47. The minimum Gasteiger partial charge on any atom is -0.497 e. The van der Waals surface area contributed by atoms with Crippen LogP contribution in [0, 0.1) is 0 Å². The quantitative estimate of drug-likeness (QED) is 0.475. The summed E-state index contributed by atoms with van der Waals surface area (Å²) in [7, 11) is 1.66. The molecular formula is C23H17ClN3OPS2. The Kier molecular flexibility index (Phi) is 5.49. The van der Waals surface area contributed by atoms with Crippen LogP contribution in [0.4, 0.5) is 0 Å². The van der Waals surface area contributed by atoms with Crippen LogP contribution in [-0.4, -0.2) is 18.0 Å². The van der Waals surface area contributed by atoms with E-state index in [9.17, 15) is 0 Å². The van der Waals surface area contributed by atoms with Crippen LogP contribution >= 0.6 is 28.2 Å². The van der Waals surface area contributed by atoms with Gasteiger partial charge in [0.15, 0.2) is 5.84 Å². The molecule has 2 aliphatic rings. The summed E-state index contributed by atoms with van der Waals surface area (Å²) in [5.41, 5.74) is 5.94. The molecule has 0 radical (unpaired) electrons. The van der Waals surface area contributed by atoms with Crippen LogP contribution < -0.4 is 15.5 Å². The maximum absolute atomic E-state index is 6.38. The molecule has 2 heterocycles. The van der Waals surface area contributed by atoms with Gasteiger partial charge in [0.2, 0.25) is 0 Å². The SMILES string of the molecule is COc1ccc(P2(=S)SC3=NNC(c4ccccc4)=NC3=C2c2ccc(Cl)cc2)cc1. The van der Waals surface area contributed by atoms with Gasteiger partial charge in [-0.3, -0.25) is 5.43 Å². The zero-order chi connectivity index (χ0) is 21.4. The first-order valence-electron chi connectivity index (χ1n) is 9.52. The summed E-state index contributed by atoms with van der Waals surface area (Å²) in [5.74, 6) is 1.51. The smallest absolute Gasteiger partial charge is 0.154 e. The minimum absolute atomic E-state index is 0.686. The van der Waals surface area contributed by atoms with Crippen LogP contribution in [0.15, 0.2) is 94.7 Å². The highest BCUT2D eigenvalue weighted by molar-refractivity contribution is 8.81. The van der Waals surface area contributed by atoms with Gasteiger partial charge in [0.25, 0.3) is 0 Å². The van der Waals surface area contributed by atoms with Gasteiger partial charge in [-0.15, -0.1) is 0 Å². The Morgan fingerprint density at radius 1 is 0.935 bits per heavy atom. The van der Waals surface area contributed by atoms with E-state index in [0.717, 1.165) is 38.2 Å². The monoisotopic (exact) mass is 481 g/mol. The van der Waals surface area contributed by atoms with Crippen LogP contribution in [-0.2, 0) is 11.8 Å². The molecule has 3 aromatic carbocycles. The zero-order valence-electron chi connectivity index (χ0n) is 16.4. The number of halogens is 1. The molecule has 0 bridgehead atoms. The highest BCUT2D eigenvalue weighted by Crippen LogP contribution is 2.74. The number of fused-ring (bicyclic) bond motifs is 1. The average Bonchev–Trinajstić information content (AvgIpc) is 3.12. The van der Waals surface area contributed by atoms with Crippen molar-refractivity contribution in [3.05, 3.63) is 101 Å². The van der Waals surface area contributed by atoms with E-state index in [2.05, 4.69) is 22.7 Å². The van der Waals surface area contributed by atoms with E-state index in [-0.39, 0.29) is 0 Å². The van der Waals surface area contributed by atoms with Gasteiger partial charge in [-0.2, -0.15) is 5.10 Å². The fourth-order valence-corrected chi connectivity index (χ4v) is 10.4. The highest BCUT2D eigenvalue weighted by Gasteiger charge is 2.41. The second kappa shape index (κ2) is 8.29. The average molecular weight is 482 g/mol. The Morgan fingerprint density at radius 3 is 2.32 bits per heavy atom. The Hall–Kier alpha value is -2.37. The zero-order valence-corrected chi connectivity index (χ0v) is 19.7. The summed E-state index contributed by atoms with van der Waals surface area (Å²) >= 11 is 14.2. The third-order valence-electron chi connectivity index (χ3n) is 5.00. The molecule has 154 valence electrons. The van der Waals surface area contributed by atoms with E-state index in [1.165, 1.54) is 0 Å². The van der Waals surface area contributed by atoms with Crippen LogP contribution in [0.1, 0.15) is 11.1 Å². The van der Waals surface area contributed by atoms with Gasteiger partial charge in [0.1, 0.15) is 16.5 Å². The molecule has 1 unspecified atom stereocenters. The van der Waals surface area contributed by atoms with Crippen LogP contribution in [0.25, 0.3) is 5.31 Å². The Labute approximate surface area is 194 Å². The lowest BCUT2D eigenvalue weighted by Gasteiger charge is -2.20. The van der Waals surface area contributed by atoms with Crippen molar-refractivity contribution in [1.29, 1.82) is 0 Å². The number of hydrogen-bond donors (Lipinski definition) is 1. The van der Waals surface area contributed by atoms with E-state index in [1.54, 1.807) is 18.5 Å². The van der Waals surface area contributed by atoms with Crippen LogP contribution in [0.2, 0.25) is 5.02 Å². The molecule has 4 nitrogen and oxygen atoms in total. The standard InChI is InChI=1S/C23H17ClN3OPS2/c1-28-18-11-13-19(14-12-18)29(30)21(15-7-9-17(24)10-8-15)20-23(31-29)27-26-22(25-20)16-5-3-2-4-6-16/h2-14H,1H3,(H,25,26). The Morgan fingerprint density at radius 2 is 1.65 bits per heavy atom. The maximum atomic E-state index is 6.38. The number of amidine groups is 1. The molecule has 0 saturated heterocycles. The number of benzene rings is 3. The second-order valence-electron chi connectivity index (χ2n) is 6.90. The second-order valence-corrected chi connectivity index (χ2v) is 14.5. The van der Waals surface area contributed by atoms with Crippen molar-refractivity contribution in [2.75, 3.05) is 7.11 Å². The molecule has 0 spiro atoms. The van der Waals surface area contributed by atoms with Gasteiger partial charge in [0, 0.05) is 15.9 Å². The molecule has 3 aromatic rings. The van der Waals surface area contributed by atoms with Crippen molar-refractivity contribution in [3.8, 4) is 5.75 Å². The van der Waals surface area contributed by atoms with Gasteiger partial charge in [0.05, 0.1) is 12.3 Å². The summed E-state index contributed by atoms with van der Waals surface area (Å²) in [6, 6.07) is 25.8. The first kappa shape index (κ1) is 20.5. The lowest BCUT2D eigenvalue weighted by molar-refractivity contribution is 0.415. The first-order valence-corrected chi connectivity index (χ1v) is 14.1. The predicted molar refractivity (Wildman–Crippen MR) is 136 cm³/mol. The van der Waals surface area contributed by atoms with Gasteiger partial charge in [-0.1, -0.05) is 77.3 Å². The van der Waals surface area contributed by atoms with Crippen molar-refractivity contribution in [2.24, 2.45) is 10.1 Å². The molecule has 0 fully saturated rings. The normalized spacial score (nSPS) is 19.9. The molecule has 8 heteroatoms. The van der Waals surface area contributed by atoms with Crippen molar-refractivity contribution in [1.82, 2.24) is 5.43 Å². The number of aliphatic imine (C=N–C) groups is 1. The van der Waals surface area contributed by atoms with Crippen LogP contribution in [0.3, 0.4) is 0 Å². The largest absolute Gasteiger partial charge is 0.497 e. The summed E-state index contributed by atoms with van der Waals surface area (Å²) < 4.78 is 5.34. The van der Waals surface area contributed by atoms with E-state index in [4.69, 9.17) is 33.1 Å². The van der Waals surface area contributed by atoms with Crippen molar-refractivity contribution >= 4 is 61.5 Å². The lowest BCUT2D eigenvalue weighted by Crippen LogP contribution is -2.24. The summed E-state index contributed by atoms with van der Waals surface area (Å²) in [6.07, 6.45) is 0. The molecule has 0 aliphatic carbocycles. The van der Waals surface area contributed by atoms with E-state index in [1.807, 2.05) is 66.7 Å². The van der Waals surface area contributed by atoms with Gasteiger partial charge in [-0.25, -0.2) is 4.99 Å². The Bertz CT molecular complexity index is 1290. The van der Waals surface area contributed by atoms with Gasteiger partial charge < -0.3 is 4.74 Å². The first-order chi connectivity index (χ1) is 15.1. The number of hydrazone groups is 1.